The van der Waals surface area contributed by atoms with Crippen LogP contribution in [-0.2, 0) is 16.0 Å². The van der Waals surface area contributed by atoms with Gasteiger partial charge in [-0.15, -0.1) is 0 Å². The van der Waals surface area contributed by atoms with Crippen LogP contribution >= 0.6 is 0 Å². The SMILES string of the molecule is CCC(=O)CCC(=O)c1ccc(CC(C)=O)o1. The average molecular weight is 236 g/mol. The van der Waals surface area contributed by atoms with Crippen LogP contribution in [0.1, 0.15) is 49.4 Å². The number of rotatable bonds is 7. The summed E-state index contributed by atoms with van der Waals surface area (Å²) in [6.45, 7) is 3.23. The van der Waals surface area contributed by atoms with Gasteiger partial charge in [-0.25, -0.2) is 0 Å². The maximum absolute atomic E-state index is 11.6. The van der Waals surface area contributed by atoms with Crippen LogP contribution in [0.4, 0.5) is 0 Å². The highest BCUT2D eigenvalue weighted by Crippen LogP contribution is 2.12. The van der Waals surface area contributed by atoms with Gasteiger partial charge in [0.05, 0.1) is 6.42 Å². The third kappa shape index (κ3) is 4.34. The fourth-order valence-electron chi connectivity index (χ4n) is 1.42. The molecule has 0 amide bonds. The molecule has 4 nitrogen and oxygen atoms in total. The summed E-state index contributed by atoms with van der Waals surface area (Å²) < 4.78 is 5.24. The maximum atomic E-state index is 11.6. The van der Waals surface area contributed by atoms with E-state index in [1.165, 1.54) is 6.92 Å². The highest BCUT2D eigenvalue weighted by molar-refractivity contribution is 5.96. The van der Waals surface area contributed by atoms with Crippen molar-refractivity contribution in [3.63, 3.8) is 0 Å². The Hall–Kier alpha value is -1.71. The van der Waals surface area contributed by atoms with Crippen LogP contribution in [0.15, 0.2) is 16.5 Å². The van der Waals surface area contributed by atoms with Gasteiger partial charge in [0, 0.05) is 19.3 Å². The first-order chi connectivity index (χ1) is 8.02. The summed E-state index contributed by atoms with van der Waals surface area (Å²) in [5.74, 6) is 0.572. The fraction of sp³-hybridized carbons (Fsp3) is 0.462. The Morgan fingerprint density at radius 3 is 2.47 bits per heavy atom. The molecule has 17 heavy (non-hydrogen) atoms. The third-order valence-corrected chi connectivity index (χ3v) is 2.38. The van der Waals surface area contributed by atoms with Gasteiger partial charge in [0.25, 0.3) is 0 Å². The maximum Gasteiger partial charge on any atom is 0.198 e. The predicted molar refractivity (Wildman–Crippen MR) is 62.0 cm³/mol. The minimum atomic E-state index is -0.193. The fourth-order valence-corrected chi connectivity index (χ4v) is 1.42. The monoisotopic (exact) mass is 236 g/mol. The van der Waals surface area contributed by atoms with Crippen LogP contribution < -0.4 is 0 Å². The smallest absolute Gasteiger partial charge is 0.198 e. The second-order valence-corrected chi connectivity index (χ2v) is 3.96. The van der Waals surface area contributed by atoms with Crippen LogP contribution in [0.25, 0.3) is 0 Å². The first kappa shape index (κ1) is 13.4. The molecule has 0 N–H and O–H groups in total. The van der Waals surface area contributed by atoms with Gasteiger partial charge in [-0.05, 0) is 19.1 Å². The van der Waals surface area contributed by atoms with E-state index in [1.807, 2.05) is 0 Å². The topological polar surface area (TPSA) is 64.3 Å². The van der Waals surface area contributed by atoms with Gasteiger partial charge in [-0.2, -0.15) is 0 Å². The van der Waals surface area contributed by atoms with E-state index in [1.54, 1.807) is 19.1 Å². The zero-order valence-electron chi connectivity index (χ0n) is 10.1. The number of ketones is 3. The molecule has 0 radical (unpaired) electrons. The van der Waals surface area contributed by atoms with Crippen LogP contribution in [0.2, 0.25) is 0 Å². The lowest BCUT2D eigenvalue weighted by Crippen LogP contribution is -2.02. The molecule has 0 aromatic carbocycles. The van der Waals surface area contributed by atoms with Crippen molar-refractivity contribution >= 4 is 17.3 Å². The first-order valence-electron chi connectivity index (χ1n) is 5.66. The normalized spacial score (nSPS) is 10.2. The number of hydrogen-bond acceptors (Lipinski definition) is 4. The summed E-state index contributed by atoms with van der Waals surface area (Å²) in [5, 5.41) is 0. The molecule has 0 aliphatic heterocycles. The molecule has 1 rings (SSSR count). The lowest BCUT2D eigenvalue weighted by atomic mass is 10.1. The zero-order valence-corrected chi connectivity index (χ0v) is 10.1. The molecule has 0 aliphatic rings. The molecule has 0 aliphatic carbocycles. The Morgan fingerprint density at radius 2 is 1.88 bits per heavy atom. The molecule has 0 spiro atoms. The van der Waals surface area contributed by atoms with Crippen LogP contribution in [-0.4, -0.2) is 17.3 Å². The van der Waals surface area contributed by atoms with Crippen molar-refractivity contribution in [3.8, 4) is 0 Å². The zero-order chi connectivity index (χ0) is 12.8. The van der Waals surface area contributed by atoms with Gasteiger partial charge in [-0.3, -0.25) is 14.4 Å². The summed E-state index contributed by atoms with van der Waals surface area (Å²) in [7, 11) is 0. The molecular formula is C13H16O4. The summed E-state index contributed by atoms with van der Waals surface area (Å²) >= 11 is 0. The Kier molecular flexibility index (Phi) is 4.82. The second-order valence-electron chi connectivity index (χ2n) is 3.96. The molecule has 92 valence electrons. The van der Waals surface area contributed by atoms with E-state index in [9.17, 15) is 14.4 Å². The van der Waals surface area contributed by atoms with Crippen molar-refractivity contribution < 1.29 is 18.8 Å². The van der Waals surface area contributed by atoms with Crippen molar-refractivity contribution in [1.29, 1.82) is 0 Å². The molecule has 1 aromatic heterocycles. The van der Waals surface area contributed by atoms with E-state index in [0.717, 1.165) is 0 Å². The minimum Gasteiger partial charge on any atom is -0.458 e. The van der Waals surface area contributed by atoms with Crippen molar-refractivity contribution in [2.45, 2.75) is 39.5 Å². The number of Topliss-reactive ketones (excluding diaryl/α,β-unsaturated/α-hetero) is 3. The van der Waals surface area contributed by atoms with Crippen LogP contribution in [0.5, 0.6) is 0 Å². The molecule has 0 fully saturated rings. The molecule has 4 heteroatoms. The van der Waals surface area contributed by atoms with Crippen molar-refractivity contribution in [3.05, 3.63) is 23.7 Å². The van der Waals surface area contributed by atoms with E-state index >= 15 is 0 Å². The number of hydrogen-bond donors (Lipinski definition) is 0. The highest BCUT2D eigenvalue weighted by atomic mass is 16.3. The number of furan rings is 1. The Balaban J connectivity index is 2.54. The average Bonchev–Trinajstić information content (AvgIpc) is 2.72. The summed E-state index contributed by atoms with van der Waals surface area (Å²) in [5.41, 5.74) is 0. The lowest BCUT2D eigenvalue weighted by molar-refractivity contribution is -0.119. The van der Waals surface area contributed by atoms with Crippen LogP contribution in [0, 0.1) is 0 Å². The third-order valence-electron chi connectivity index (χ3n) is 2.38. The summed E-state index contributed by atoms with van der Waals surface area (Å²) in [4.78, 5) is 33.6. The van der Waals surface area contributed by atoms with E-state index < -0.39 is 0 Å². The van der Waals surface area contributed by atoms with Gasteiger partial charge in [0.1, 0.15) is 17.3 Å². The van der Waals surface area contributed by atoms with Crippen molar-refractivity contribution in [1.82, 2.24) is 0 Å². The first-order valence-corrected chi connectivity index (χ1v) is 5.66. The second kappa shape index (κ2) is 6.13. The highest BCUT2D eigenvalue weighted by Gasteiger charge is 2.13. The predicted octanol–water partition coefficient (Wildman–Crippen LogP) is 2.35. The van der Waals surface area contributed by atoms with E-state index in [2.05, 4.69) is 0 Å². The summed E-state index contributed by atoms with van der Waals surface area (Å²) in [6.07, 6.45) is 1.06. The lowest BCUT2D eigenvalue weighted by Gasteiger charge is -1.96. The standard InChI is InChI=1S/C13H16O4/c1-3-10(15)4-6-12(16)13-7-5-11(17-13)8-9(2)14/h5,7H,3-4,6,8H2,1-2H3. The summed E-state index contributed by atoms with van der Waals surface area (Å²) in [6, 6.07) is 3.17. The van der Waals surface area contributed by atoms with Gasteiger partial charge < -0.3 is 4.42 Å². The Labute approximate surface area is 100.0 Å². The molecule has 0 saturated heterocycles. The van der Waals surface area contributed by atoms with E-state index in [0.29, 0.717) is 12.2 Å². The molecule has 1 aromatic rings. The molecule has 0 bridgehead atoms. The van der Waals surface area contributed by atoms with Gasteiger partial charge in [0.2, 0.25) is 0 Å². The molecular weight excluding hydrogens is 220 g/mol. The quantitative estimate of drug-likeness (QED) is 0.682. The molecule has 0 unspecified atom stereocenters. The van der Waals surface area contributed by atoms with E-state index in [-0.39, 0.29) is 42.4 Å². The van der Waals surface area contributed by atoms with Gasteiger partial charge >= 0.3 is 0 Å². The van der Waals surface area contributed by atoms with Crippen LogP contribution in [0.3, 0.4) is 0 Å². The molecule has 0 atom stereocenters. The Bertz CT molecular complexity index is 428. The molecule has 0 saturated carbocycles. The van der Waals surface area contributed by atoms with Crippen molar-refractivity contribution in [2.75, 3.05) is 0 Å². The minimum absolute atomic E-state index is 0.0143. The van der Waals surface area contributed by atoms with Gasteiger partial charge in [0.15, 0.2) is 11.5 Å². The largest absolute Gasteiger partial charge is 0.458 e. The number of carbonyl (C=O) groups is 3. The number of carbonyl (C=O) groups excluding carboxylic acids is 3. The van der Waals surface area contributed by atoms with E-state index in [4.69, 9.17) is 4.42 Å². The van der Waals surface area contributed by atoms with Crippen molar-refractivity contribution in [2.24, 2.45) is 0 Å². The van der Waals surface area contributed by atoms with Gasteiger partial charge in [-0.1, -0.05) is 6.92 Å². The Morgan fingerprint density at radius 1 is 1.18 bits per heavy atom. The molecule has 1 heterocycles.